The number of ether oxygens (including phenoxy) is 2. The number of rotatable bonds is 7. The molecule has 1 aromatic carbocycles. The van der Waals surface area contributed by atoms with Gasteiger partial charge in [-0.05, 0) is 5.56 Å². The molecule has 22 heavy (non-hydrogen) atoms. The van der Waals surface area contributed by atoms with Gasteiger partial charge in [0.2, 0.25) is 6.54 Å². The summed E-state index contributed by atoms with van der Waals surface area (Å²) in [5.41, 5.74) is 0.796. The lowest BCUT2D eigenvalue weighted by atomic mass is 9.91. The van der Waals surface area contributed by atoms with Crippen LogP contribution in [-0.4, -0.2) is 37.6 Å². The minimum Gasteiger partial charge on any atom is -0.468 e. The molecule has 0 heterocycles. The first-order valence-electron chi connectivity index (χ1n) is 6.50. The molecule has 0 fully saturated rings. The Kier molecular flexibility index (Phi) is 6.75. The van der Waals surface area contributed by atoms with E-state index < -0.39 is 35.2 Å². The average molecular weight is 307 g/mol. The van der Waals surface area contributed by atoms with Gasteiger partial charge in [-0.3, -0.25) is 19.7 Å². The molecule has 0 saturated carbocycles. The lowest BCUT2D eigenvalue weighted by molar-refractivity contribution is -0.486. The monoisotopic (exact) mass is 307 g/mol. The van der Waals surface area contributed by atoms with Crippen LogP contribution in [0, 0.1) is 22.0 Å². The molecule has 0 unspecified atom stereocenters. The third kappa shape index (κ3) is 5.01. The third-order valence-electron chi connectivity index (χ3n) is 3.03. The topological polar surface area (TPSA) is 95.7 Å². The highest BCUT2D eigenvalue weighted by molar-refractivity contribution is 5.95. The van der Waals surface area contributed by atoms with Gasteiger partial charge in [0.1, 0.15) is 0 Å². The van der Waals surface area contributed by atoms with Gasteiger partial charge >= 0.3 is 11.9 Å². The number of carbonyl (C=O) groups is 2. The second-order valence-corrected chi connectivity index (χ2v) is 4.47. The van der Waals surface area contributed by atoms with Crippen LogP contribution < -0.4 is 0 Å². The zero-order chi connectivity index (χ0) is 16.5. The number of nitrogens with zero attached hydrogens (tertiary/aromatic N) is 1. The Morgan fingerprint density at radius 2 is 1.73 bits per heavy atom. The molecule has 1 rings (SSSR count). The van der Waals surface area contributed by atoms with Crippen molar-refractivity contribution in [3.8, 4) is 0 Å². The fraction of sp³-hybridized carbons (Fsp3) is 0.333. The van der Waals surface area contributed by atoms with E-state index in [2.05, 4.69) is 9.47 Å². The van der Waals surface area contributed by atoms with Gasteiger partial charge in [0.05, 0.1) is 20.1 Å². The van der Waals surface area contributed by atoms with Crippen molar-refractivity contribution >= 4 is 18.0 Å². The zero-order valence-corrected chi connectivity index (χ0v) is 12.3. The maximum atomic E-state index is 11.8. The normalized spacial score (nSPS) is 12.1. The van der Waals surface area contributed by atoms with Gasteiger partial charge in [0.25, 0.3) is 0 Å². The predicted octanol–water partition coefficient (Wildman–Crippen LogP) is 1.55. The van der Waals surface area contributed by atoms with Crippen molar-refractivity contribution in [2.45, 2.75) is 0 Å². The summed E-state index contributed by atoms with van der Waals surface area (Å²) in [6.45, 7) is -0.585. The summed E-state index contributed by atoms with van der Waals surface area (Å²) in [6, 6.07) is 9.04. The standard InChI is InChI=1S/C15H17NO6/c1-21-14(17)13(15(18)22-2)12(10-16(19)20)9-8-11-6-4-3-5-7-11/h3-9,12-13H,10H2,1-2H3/b9-8+/t12-/m1/s1. The quantitative estimate of drug-likeness (QED) is 0.328. The summed E-state index contributed by atoms with van der Waals surface area (Å²) in [7, 11) is 2.23. The largest absolute Gasteiger partial charge is 0.468 e. The minimum atomic E-state index is -1.37. The summed E-state index contributed by atoms with van der Waals surface area (Å²) in [4.78, 5) is 33.8. The van der Waals surface area contributed by atoms with E-state index in [1.54, 1.807) is 30.3 Å². The SMILES string of the molecule is COC(=O)C(C(=O)OC)[C@H](/C=C/c1ccccc1)C[N+](=O)[O-]. The molecule has 118 valence electrons. The van der Waals surface area contributed by atoms with E-state index in [0.29, 0.717) is 0 Å². The van der Waals surface area contributed by atoms with Crippen LogP contribution in [0.1, 0.15) is 5.56 Å². The van der Waals surface area contributed by atoms with E-state index in [1.165, 1.54) is 6.08 Å². The zero-order valence-electron chi connectivity index (χ0n) is 12.3. The van der Waals surface area contributed by atoms with E-state index in [4.69, 9.17) is 0 Å². The van der Waals surface area contributed by atoms with Crippen molar-refractivity contribution in [3.05, 3.63) is 52.1 Å². The molecular weight excluding hydrogens is 290 g/mol. The highest BCUT2D eigenvalue weighted by atomic mass is 16.6. The van der Waals surface area contributed by atoms with Crippen LogP contribution >= 0.6 is 0 Å². The molecule has 1 aromatic rings. The van der Waals surface area contributed by atoms with Gasteiger partial charge in [0, 0.05) is 4.92 Å². The first kappa shape index (κ1) is 17.4. The van der Waals surface area contributed by atoms with Gasteiger partial charge in [-0.25, -0.2) is 0 Å². The van der Waals surface area contributed by atoms with Crippen molar-refractivity contribution in [1.82, 2.24) is 0 Å². The van der Waals surface area contributed by atoms with Gasteiger partial charge < -0.3 is 9.47 Å². The van der Waals surface area contributed by atoms with Gasteiger partial charge in [-0.15, -0.1) is 0 Å². The van der Waals surface area contributed by atoms with Crippen LogP contribution in [0.15, 0.2) is 36.4 Å². The van der Waals surface area contributed by atoms with Crippen LogP contribution in [0.2, 0.25) is 0 Å². The van der Waals surface area contributed by atoms with E-state index in [9.17, 15) is 19.7 Å². The number of methoxy groups -OCH3 is 2. The molecule has 1 atom stereocenters. The van der Waals surface area contributed by atoms with Gasteiger partial charge in [-0.2, -0.15) is 0 Å². The highest BCUT2D eigenvalue weighted by Crippen LogP contribution is 2.19. The molecule has 7 nitrogen and oxygen atoms in total. The number of benzene rings is 1. The molecule has 0 bridgehead atoms. The second-order valence-electron chi connectivity index (χ2n) is 4.47. The van der Waals surface area contributed by atoms with Crippen LogP contribution in [0.3, 0.4) is 0 Å². The maximum Gasteiger partial charge on any atom is 0.320 e. The smallest absolute Gasteiger partial charge is 0.320 e. The molecule has 0 aromatic heterocycles. The Labute approximate surface area is 127 Å². The first-order valence-corrected chi connectivity index (χ1v) is 6.50. The summed E-state index contributed by atoms with van der Waals surface area (Å²) in [6.07, 6.45) is 3.07. The van der Waals surface area contributed by atoms with Crippen molar-refractivity contribution in [3.63, 3.8) is 0 Å². The Morgan fingerprint density at radius 3 is 2.18 bits per heavy atom. The van der Waals surface area contributed by atoms with E-state index >= 15 is 0 Å². The van der Waals surface area contributed by atoms with Gasteiger partial charge in [-0.1, -0.05) is 42.5 Å². The molecule has 7 heteroatoms. The Bertz CT molecular complexity index is 538. The molecule has 0 radical (unpaired) electrons. The van der Waals surface area contributed by atoms with E-state index in [1.807, 2.05) is 6.07 Å². The summed E-state index contributed by atoms with van der Waals surface area (Å²) in [5.74, 6) is -4.07. The molecular formula is C15H17NO6. The summed E-state index contributed by atoms with van der Waals surface area (Å²) < 4.78 is 9.11. The van der Waals surface area contributed by atoms with Crippen LogP contribution in [-0.2, 0) is 19.1 Å². The third-order valence-corrected chi connectivity index (χ3v) is 3.03. The van der Waals surface area contributed by atoms with Crippen molar-refractivity contribution in [2.24, 2.45) is 11.8 Å². The van der Waals surface area contributed by atoms with Crippen LogP contribution in [0.25, 0.3) is 6.08 Å². The Hall–Kier alpha value is -2.70. The number of hydrogen-bond acceptors (Lipinski definition) is 6. The maximum absolute atomic E-state index is 11.8. The second kappa shape index (κ2) is 8.56. The minimum absolute atomic E-state index is 0.584. The molecule has 0 aliphatic carbocycles. The average Bonchev–Trinajstić information content (AvgIpc) is 2.52. The molecule has 0 N–H and O–H groups in total. The lowest BCUT2D eigenvalue weighted by Gasteiger charge is -2.17. The highest BCUT2D eigenvalue weighted by Gasteiger charge is 2.38. The van der Waals surface area contributed by atoms with Gasteiger partial charge in [0.15, 0.2) is 5.92 Å². The fourth-order valence-corrected chi connectivity index (χ4v) is 1.95. The molecule has 0 saturated heterocycles. The lowest BCUT2D eigenvalue weighted by Crippen LogP contribution is -2.35. The Morgan fingerprint density at radius 1 is 1.18 bits per heavy atom. The van der Waals surface area contributed by atoms with E-state index in [-0.39, 0.29) is 0 Å². The van der Waals surface area contributed by atoms with Crippen molar-refractivity contribution < 1.29 is 24.0 Å². The van der Waals surface area contributed by atoms with Crippen molar-refractivity contribution in [2.75, 3.05) is 20.8 Å². The fourth-order valence-electron chi connectivity index (χ4n) is 1.95. The number of carbonyl (C=O) groups excluding carboxylic acids is 2. The predicted molar refractivity (Wildman–Crippen MR) is 78.3 cm³/mol. The van der Waals surface area contributed by atoms with Crippen LogP contribution in [0.4, 0.5) is 0 Å². The number of nitro groups is 1. The molecule has 0 spiro atoms. The molecule has 0 aliphatic heterocycles. The summed E-state index contributed by atoms with van der Waals surface area (Å²) >= 11 is 0. The van der Waals surface area contributed by atoms with Crippen LogP contribution in [0.5, 0.6) is 0 Å². The van der Waals surface area contributed by atoms with E-state index in [0.717, 1.165) is 19.8 Å². The Balaban J connectivity index is 3.08. The molecule has 0 amide bonds. The first-order chi connectivity index (χ1) is 10.5. The molecule has 0 aliphatic rings. The summed E-state index contributed by atoms with van der Waals surface area (Å²) in [5, 5.41) is 10.8. The number of hydrogen-bond donors (Lipinski definition) is 0. The van der Waals surface area contributed by atoms with Crippen molar-refractivity contribution in [1.29, 1.82) is 0 Å². The number of esters is 2.